The highest BCUT2D eigenvalue weighted by Gasteiger charge is 1.98. The van der Waals surface area contributed by atoms with E-state index in [1.807, 2.05) is 11.4 Å². The molecule has 1 rings (SSSR count). The molecule has 0 fully saturated rings. The molecule has 0 unspecified atom stereocenters. The van der Waals surface area contributed by atoms with Crippen LogP contribution in [0.5, 0.6) is 0 Å². The van der Waals surface area contributed by atoms with Crippen LogP contribution >= 0.6 is 22.9 Å². The molecule has 1 aromatic heterocycles. The summed E-state index contributed by atoms with van der Waals surface area (Å²) in [4.78, 5) is 1.38. The highest BCUT2D eigenvalue weighted by Crippen LogP contribution is 2.20. The van der Waals surface area contributed by atoms with Crippen LogP contribution in [0, 0.1) is 0 Å². The highest BCUT2D eigenvalue weighted by molar-refractivity contribution is 7.08. The molecular weight excluding hydrogens is 190 g/mol. The SMILES string of the molecule is C[NH+](C)C/C=C(\Cl)c1ccsc1. The van der Waals surface area contributed by atoms with E-state index in [-0.39, 0.29) is 0 Å². The molecule has 1 nitrogen and oxygen atoms in total. The van der Waals surface area contributed by atoms with Gasteiger partial charge in [0.05, 0.1) is 25.7 Å². The van der Waals surface area contributed by atoms with Crippen molar-refractivity contribution in [1.82, 2.24) is 0 Å². The fourth-order valence-electron chi connectivity index (χ4n) is 0.812. The van der Waals surface area contributed by atoms with E-state index >= 15 is 0 Å². The number of halogens is 1. The lowest BCUT2D eigenvalue weighted by Gasteiger charge is -2.02. The summed E-state index contributed by atoms with van der Waals surface area (Å²) in [6.45, 7) is 0.967. The van der Waals surface area contributed by atoms with Crippen LogP contribution in [0.1, 0.15) is 5.56 Å². The summed E-state index contributed by atoms with van der Waals surface area (Å²) >= 11 is 7.72. The van der Waals surface area contributed by atoms with Crippen LogP contribution in [0.4, 0.5) is 0 Å². The summed E-state index contributed by atoms with van der Waals surface area (Å²) < 4.78 is 0. The molecule has 0 aromatic carbocycles. The van der Waals surface area contributed by atoms with Crippen molar-refractivity contribution in [3.05, 3.63) is 28.5 Å². The molecule has 0 radical (unpaired) electrons. The zero-order valence-corrected chi connectivity index (χ0v) is 8.88. The Morgan fingerprint density at radius 1 is 1.67 bits per heavy atom. The predicted molar refractivity (Wildman–Crippen MR) is 55.8 cm³/mol. The topological polar surface area (TPSA) is 4.44 Å². The lowest BCUT2D eigenvalue weighted by Crippen LogP contribution is -3.05. The highest BCUT2D eigenvalue weighted by atomic mass is 35.5. The van der Waals surface area contributed by atoms with Crippen molar-refractivity contribution in [2.24, 2.45) is 0 Å². The van der Waals surface area contributed by atoms with Gasteiger partial charge in [0.15, 0.2) is 0 Å². The van der Waals surface area contributed by atoms with E-state index in [0.29, 0.717) is 0 Å². The molecule has 0 saturated carbocycles. The summed E-state index contributed by atoms with van der Waals surface area (Å²) in [6.07, 6.45) is 2.05. The molecule has 1 heterocycles. The Labute approximate surface area is 82.3 Å². The Kier molecular flexibility index (Phi) is 3.79. The van der Waals surface area contributed by atoms with Gasteiger partial charge in [0.2, 0.25) is 0 Å². The van der Waals surface area contributed by atoms with Gasteiger partial charge in [-0.2, -0.15) is 11.3 Å². The minimum absolute atomic E-state index is 0.859. The van der Waals surface area contributed by atoms with E-state index in [9.17, 15) is 0 Å². The Bertz CT molecular complexity index is 252. The van der Waals surface area contributed by atoms with Crippen LogP contribution in [0.2, 0.25) is 0 Å². The molecule has 0 atom stereocenters. The van der Waals surface area contributed by atoms with E-state index in [1.165, 1.54) is 4.90 Å². The van der Waals surface area contributed by atoms with Crippen molar-refractivity contribution in [2.75, 3.05) is 20.6 Å². The van der Waals surface area contributed by atoms with Gasteiger partial charge in [-0.05, 0) is 22.9 Å². The second-order valence-electron chi connectivity index (χ2n) is 2.98. The van der Waals surface area contributed by atoms with Crippen LogP contribution in [-0.2, 0) is 0 Å². The van der Waals surface area contributed by atoms with Crippen LogP contribution in [0.25, 0.3) is 5.03 Å². The van der Waals surface area contributed by atoms with Gasteiger partial charge in [0.1, 0.15) is 0 Å². The summed E-state index contributed by atoms with van der Waals surface area (Å²) in [6, 6.07) is 2.04. The maximum atomic E-state index is 6.05. The molecule has 0 aliphatic heterocycles. The molecule has 1 aromatic rings. The molecular formula is C9H13ClNS+. The van der Waals surface area contributed by atoms with Gasteiger partial charge in [-0.25, -0.2) is 0 Å². The van der Waals surface area contributed by atoms with Gasteiger partial charge in [-0.1, -0.05) is 11.6 Å². The molecule has 0 aliphatic carbocycles. The fraction of sp³-hybridized carbons (Fsp3) is 0.333. The Hall–Kier alpha value is -0.310. The third kappa shape index (κ3) is 2.97. The van der Waals surface area contributed by atoms with Gasteiger partial charge in [-0.15, -0.1) is 0 Å². The second kappa shape index (κ2) is 4.65. The summed E-state index contributed by atoms with van der Waals surface area (Å²) in [5.41, 5.74) is 1.13. The first-order valence-electron chi connectivity index (χ1n) is 3.87. The number of hydrogen-bond acceptors (Lipinski definition) is 1. The van der Waals surface area contributed by atoms with Crippen LogP contribution in [0.3, 0.4) is 0 Å². The third-order valence-corrected chi connectivity index (χ3v) is 2.54. The first-order chi connectivity index (χ1) is 5.70. The van der Waals surface area contributed by atoms with Crippen molar-refractivity contribution in [3.63, 3.8) is 0 Å². The molecule has 0 amide bonds. The normalized spacial score (nSPS) is 12.5. The summed E-state index contributed by atoms with van der Waals surface area (Å²) in [5.74, 6) is 0. The Morgan fingerprint density at radius 2 is 2.42 bits per heavy atom. The van der Waals surface area contributed by atoms with Gasteiger partial charge < -0.3 is 4.90 Å². The van der Waals surface area contributed by atoms with Crippen LogP contribution < -0.4 is 4.90 Å². The second-order valence-corrected chi connectivity index (χ2v) is 4.16. The third-order valence-electron chi connectivity index (χ3n) is 1.49. The quantitative estimate of drug-likeness (QED) is 0.758. The Balaban J connectivity index is 2.59. The van der Waals surface area contributed by atoms with Crippen molar-refractivity contribution in [1.29, 1.82) is 0 Å². The number of rotatable bonds is 3. The zero-order valence-electron chi connectivity index (χ0n) is 7.30. The number of nitrogens with one attached hydrogen (secondary N) is 1. The summed E-state index contributed by atoms with van der Waals surface area (Å²) in [7, 11) is 4.21. The Morgan fingerprint density at radius 3 is 2.92 bits per heavy atom. The van der Waals surface area contributed by atoms with Gasteiger partial charge in [-0.3, -0.25) is 0 Å². The van der Waals surface area contributed by atoms with Gasteiger partial charge >= 0.3 is 0 Å². The van der Waals surface area contributed by atoms with E-state index in [4.69, 9.17) is 11.6 Å². The maximum absolute atomic E-state index is 6.05. The number of hydrogen-bond donors (Lipinski definition) is 1. The molecule has 0 saturated heterocycles. The molecule has 3 heteroatoms. The maximum Gasteiger partial charge on any atom is 0.0971 e. The summed E-state index contributed by atoms with van der Waals surface area (Å²) in [5, 5.41) is 4.95. The van der Waals surface area contributed by atoms with Gasteiger partial charge in [0, 0.05) is 5.56 Å². The molecule has 66 valence electrons. The molecule has 0 spiro atoms. The van der Waals surface area contributed by atoms with Crippen molar-refractivity contribution < 1.29 is 4.90 Å². The van der Waals surface area contributed by atoms with Crippen LogP contribution in [0.15, 0.2) is 22.9 Å². The number of likely N-dealkylation sites (N-methyl/N-ethyl adjacent to an activating group) is 1. The molecule has 1 N–H and O–H groups in total. The van der Waals surface area contributed by atoms with E-state index in [0.717, 1.165) is 17.1 Å². The van der Waals surface area contributed by atoms with Crippen molar-refractivity contribution >= 4 is 28.0 Å². The van der Waals surface area contributed by atoms with Gasteiger partial charge in [0.25, 0.3) is 0 Å². The molecule has 12 heavy (non-hydrogen) atoms. The van der Waals surface area contributed by atoms with E-state index in [1.54, 1.807) is 11.3 Å². The van der Waals surface area contributed by atoms with Crippen molar-refractivity contribution in [2.45, 2.75) is 0 Å². The van der Waals surface area contributed by atoms with E-state index < -0.39 is 0 Å². The lowest BCUT2D eigenvalue weighted by molar-refractivity contribution is -0.851. The standard InChI is InChI=1S/C9H12ClNS/c1-11(2)5-3-9(10)8-4-6-12-7-8/h3-4,6-7H,5H2,1-2H3/p+1/b9-3-. The average molecular weight is 203 g/mol. The van der Waals surface area contributed by atoms with Crippen LogP contribution in [-0.4, -0.2) is 20.6 Å². The zero-order chi connectivity index (χ0) is 8.97. The predicted octanol–water partition coefficient (Wildman–Crippen LogP) is 1.47. The molecule has 0 aliphatic rings. The minimum Gasteiger partial charge on any atom is -0.337 e. The number of quaternary nitrogens is 1. The fourth-order valence-corrected chi connectivity index (χ4v) is 1.73. The lowest BCUT2D eigenvalue weighted by atomic mass is 10.3. The van der Waals surface area contributed by atoms with Crippen molar-refractivity contribution in [3.8, 4) is 0 Å². The average Bonchev–Trinajstić information content (AvgIpc) is 2.51. The minimum atomic E-state index is 0.859. The largest absolute Gasteiger partial charge is 0.337 e. The molecule has 0 bridgehead atoms. The first-order valence-corrected chi connectivity index (χ1v) is 5.19. The first kappa shape index (κ1) is 9.78. The van der Waals surface area contributed by atoms with E-state index in [2.05, 4.69) is 25.6 Å². The smallest absolute Gasteiger partial charge is 0.0971 e. The monoisotopic (exact) mass is 202 g/mol. The number of thiophene rings is 1.